The Kier molecular flexibility index (Phi) is 9.19. The molecular weight excluding hydrogens is 572 g/mol. The van der Waals surface area contributed by atoms with Gasteiger partial charge in [-0.2, -0.15) is 5.26 Å². The summed E-state index contributed by atoms with van der Waals surface area (Å²) >= 11 is 0. The number of rotatable bonds is 9. The van der Waals surface area contributed by atoms with Crippen molar-refractivity contribution in [1.29, 1.82) is 5.26 Å². The fourth-order valence-corrected chi connectivity index (χ4v) is 5.19. The Morgan fingerprint density at radius 3 is 2.62 bits per heavy atom. The van der Waals surface area contributed by atoms with E-state index in [1.54, 1.807) is 30.3 Å². The van der Waals surface area contributed by atoms with E-state index in [1.165, 1.54) is 18.6 Å². The summed E-state index contributed by atoms with van der Waals surface area (Å²) in [5, 5.41) is 22.8. The Labute approximate surface area is 259 Å². The minimum atomic E-state index is -0.322. The summed E-state index contributed by atoms with van der Waals surface area (Å²) in [6, 6.07) is 14.7. The zero-order valence-electron chi connectivity index (χ0n) is 24.5. The van der Waals surface area contributed by atoms with E-state index in [2.05, 4.69) is 42.3 Å². The number of aromatic nitrogens is 3. The van der Waals surface area contributed by atoms with Gasteiger partial charge in [-0.1, -0.05) is 23.8 Å². The number of anilines is 3. The first kappa shape index (κ1) is 29.7. The van der Waals surface area contributed by atoms with E-state index in [9.17, 15) is 14.9 Å². The number of carbonyl (C=O) groups is 2. The molecule has 2 amide bonds. The summed E-state index contributed by atoms with van der Waals surface area (Å²) < 4.78 is 11.8. The first-order valence-corrected chi connectivity index (χ1v) is 14.8. The quantitative estimate of drug-likeness (QED) is 0.206. The number of pyridine rings is 1. The summed E-state index contributed by atoms with van der Waals surface area (Å²) in [7, 11) is 0. The van der Waals surface area contributed by atoms with Crippen LogP contribution in [0, 0.1) is 11.3 Å². The Balaban J connectivity index is 1.27. The van der Waals surface area contributed by atoms with Crippen molar-refractivity contribution in [2.24, 2.45) is 0 Å². The number of carbonyl (C=O) groups excluding carboxylic acids is 2. The zero-order chi connectivity index (χ0) is 31.0. The van der Waals surface area contributed by atoms with Gasteiger partial charge in [-0.25, -0.2) is 9.97 Å². The van der Waals surface area contributed by atoms with Crippen LogP contribution in [0.4, 0.5) is 17.3 Å². The van der Waals surface area contributed by atoms with Crippen LogP contribution in [0.1, 0.15) is 40.7 Å². The number of hydrogen-bond acceptors (Lipinski definition) is 10. The zero-order valence-corrected chi connectivity index (χ0v) is 24.5. The number of piperidine rings is 1. The molecule has 4 aromatic rings. The van der Waals surface area contributed by atoms with Gasteiger partial charge in [0.25, 0.3) is 5.91 Å². The number of nitrogens with zero attached hydrogens (tertiary/aromatic N) is 4. The lowest BCUT2D eigenvalue weighted by Gasteiger charge is -2.19. The molecule has 12 nitrogen and oxygen atoms in total. The molecule has 0 aliphatic carbocycles. The van der Waals surface area contributed by atoms with Crippen LogP contribution in [0.15, 0.2) is 72.7 Å². The first-order chi connectivity index (χ1) is 22.1. The molecule has 2 aromatic carbocycles. The number of benzene rings is 2. The smallest absolute Gasteiger partial charge is 0.258 e. The molecule has 0 spiro atoms. The number of nitriles is 1. The number of amides is 2. The highest BCUT2D eigenvalue weighted by Gasteiger charge is 2.21. The second kappa shape index (κ2) is 13.9. The maximum absolute atomic E-state index is 12.8. The van der Waals surface area contributed by atoms with Gasteiger partial charge in [-0.05, 0) is 44.1 Å². The lowest BCUT2D eigenvalue weighted by molar-refractivity contribution is -0.116. The predicted octanol–water partition coefficient (Wildman–Crippen LogP) is 3.99. The van der Waals surface area contributed by atoms with Gasteiger partial charge >= 0.3 is 0 Å². The van der Waals surface area contributed by atoms with E-state index in [-0.39, 0.29) is 30.4 Å². The summed E-state index contributed by atoms with van der Waals surface area (Å²) in [5.74, 6) is 0.250. The summed E-state index contributed by atoms with van der Waals surface area (Å²) in [6.45, 7) is 3.06. The summed E-state index contributed by atoms with van der Waals surface area (Å²) in [4.78, 5) is 38.4. The molecule has 228 valence electrons. The minimum absolute atomic E-state index is 0.109. The number of fused-ring (bicyclic) bond motifs is 1. The Morgan fingerprint density at radius 2 is 1.89 bits per heavy atom. The molecule has 12 heteroatoms. The van der Waals surface area contributed by atoms with Crippen LogP contribution in [0.2, 0.25) is 0 Å². The van der Waals surface area contributed by atoms with Crippen LogP contribution in [0.5, 0.6) is 5.75 Å². The van der Waals surface area contributed by atoms with Gasteiger partial charge in [0.15, 0.2) is 0 Å². The lowest BCUT2D eigenvalue weighted by atomic mass is 10.0. The van der Waals surface area contributed by atoms with E-state index >= 15 is 0 Å². The third-order valence-electron chi connectivity index (χ3n) is 7.57. The summed E-state index contributed by atoms with van der Waals surface area (Å²) in [5.41, 5.74) is 4.27. The fraction of sp³-hybridized carbons (Fsp3) is 0.273. The minimum Gasteiger partial charge on any atom is -0.487 e. The van der Waals surface area contributed by atoms with Crippen molar-refractivity contribution in [2.45, 2.75) is 31.9 Å². The van der Waals surface area contributed by atoms with Crippen molar-refractivity contribution in [2.75, 3.05) is 36.9 Å². The van der Waals surface area contributed by atoms with Gasteiger partial charge in [0, 0.05) is 47.8 Å². The second-order valence-electron chi connectivity index (χ2n) is 10.8. The van der Waals surface area contributed by atoms with Crippen molar-refractivity contribution in [1.82, 2.24) is 25.6 Å². The van der Waals surface area contributed by atoms with E-state index in [4.69, 9.17) is 9.47 Å². The van der Waals surface area contributed by atoms with Crippen molar-refractivity contribution in [3.8, 4) is 11.8 Å². The molecule has 2 saturated heterocycles. The second-order valence-corrected chi connectivity index (χ2v) is 10.8. The molecular formula is C33H32N8O4. The van der Waals surface area contributed by atoms with Gasteiger partial charge in [0.1, 0.15) is 17.9 Å². The van der Waals surface area contributed by atoms with Crippen molar-refractivity contribution in [3.63, 3.8) is 0 Å². The van der Waals surface area contributed by atoms with Crippen LogP contribution < -0.4 is 26.0 Å². The van der Waals surface area contributed by atoms with Crippen molar-refractivity contribution in [3.05, 3.63) is 89.4 Å². The highest BCUT2D eigenvalue weighted by molar-refractivity contribution is 6.03. The maximum Gasteiger partial charge on any atom is 0.258 e. The van der Waals surface area contributed by atoms with E-state index in [0.29, 0.717) is 52.4 Å². The number of ether oxygens (including phenoxy) is 2. The van der Waals surface area contributed by atoms with E-state index in [1.807, 2.05) is 18.2 Å². The van der Waals surface area contributed by atoms with Crippen LogP contribution >= 0.6 is 0 Å². The molecule has 0 radical (unpaired) electrons. The molecule has 2 aliphatic heterocycles. The molecule has 6 rings (SSSR count). The van der Waals surface area contributed by atoms with E-state index in [0.717, 1.165) is 43.5 Å². The highest BCUT2D eigenvalue weighted by Crippen LogP contribution is 2.34. The van der Waals surface area contributed by atoms with Crippen LogP contribution in [-0.4, -0.2) is 59.2 Å². The Bertz CT molecular complexity index is 1760. The normalized spacial score (nSPS) is 16.1. The largest absolute Gasteiger partial charge is 0.487 e. The maximum atomic E-state index is 12.8. The third kappa shape index (κ3) is 7.41. The average molecular weight is 605 g/mol. The molecule has 2 fully saturated rings. The van der Waals surface area contributed by atoms with Gasteiger partial charge in [-0.3, -0.25) is 19.9 Å². The third-order valence-corrected chi connectivity index (χ3v) is 7.57. The molecule has 0 bridgehead atoms. The van der Waals surface area contributed by atoms with Gasteiger partial charge in [0.05, 0.1) is 48.1 Å². The predicted molar refractivity (Wildman–Crippen MR) is 168 cm³/mol. The van der Waals surface area contributed by atoms with Gasteiger partial charge in [0.2, 0.25) is 11.9 Å². The van der Waals surface area contributed by atoms with Crippen LogP contribution in [0.3, 0.4) is 0 Å². The molecule has 2 aliphatic rings. The fourth-order valence-electron chi connectivity index (χ4n) is 5.19. The van der Waals surface area contributed by atoms with Crippen molar-refractivity contribution < 1.29 is 19.1 Å². The molecule has 1 atom stereocenters. The molecule has 0 saturated carbocycles. The molecule has 2 aromatic heterocycles. The van der Waals surface area contributed by atoms with Crippen LogP contribution in [-0.2, 0) is 16.1 Å². The average Bonchev–Trinajstić information content (AvgIpc) is 3.59. The number of nitrogens with one attached hydrogen (secondary N) is 4. The van der Waals surface area contributed by atoms with Crippen molar-refractivity contribution >= 4 is 40.0 Å². The summed E-state index contributed by atoms with van der Waals surface area (Å²) in [6.07, 6.45) is 8.57. The number of hydrogen-bond donors (Lipinski definition) is 4. The first-order valence-electron chi connectivity index (χ1n) is 14.8. The molecule has 45 heavy (non-hydrogen) atoms. The SMILES string of the molecule is N#Cc1cnc2cc(OC3CCOC3)c(CNC(=O)C=C3CCNCC3)cc2c1Nc1cnc(NC(=O)c2ccccc2)nc1. The standard InChI is InChI=1S/C33H32N8O4/c34-15-24-17-36-28-14-29(45-26-8-11-44-20-26)23(16-37-30(42)12-21-6-9-35-10-7-21)13-27(28)31(24)40-25-18-38-33(39-19-25)41-32(43)22-4-2-1-3-5-22/h1-5,12-14,17-19,26,35H,6-11,16,20H2,(H,36,40)(H,37,42)(H,38,39,41,43). The van der Waals surface area contributed by atoms with Gasteiger partial charge < -0.3 is 25.4 Å². The van der Waals surface area contributed by atoms with Crippen LogP contribution in [0.25, 0.3) is 10.9 Å². The Morgan fingerprint density at radius 1 is 1.09 bits per heavy atom. The van der Waals surface area contributed by atoms with Gasteiger partial charge in [-0.15, -0.1) is 0 Å². The molecule has 4 N–H and O–H groups in total. The van der Waals surface area contributed by atoms with E-state index < -0.39 is 0 Å². The Hall–Kier alpha value is -5.38. The monoisotopic (exact) mass is 604 g/mol. The molecule has 1 unspecified atom stereocenters. The molecule has 4 heterocycles. The highest BCUT2D eigenvalue weighted by atomic mass is 16.5. The lowest BCUT2D eigenvalue weighted by Crippen LogP contribution is -2.26. The topological polar surface area (TPSA) is 163 Å².